The van der Waals surface area contributed by atoms with E-state index in [4.69, 9.17) is 21.1 Å². The van der Waals surface area contributed by atoms with Gasteiger partial charge in [-0.25, -0.2) is 0 Å². The number of benzene rings is 1. The van der Waals surface area contributed by atoms with E-state index < -0.39 is 0 Å². The average molecular weight is 256 g/mol. The predicted molar refractivity (Wildman–Crippen MR) is 69.0 cm³/mol. The van der Waals surface area contributed by atoms with Crippen molar-refractivity contribution in [3.63, 3.8) is 0 Å². The molecule has 0 amide bonds. The van der Waals surface area contributed by atoms with Crippen LogP contribution in [0.3, 0.4) is 0 Å². The maximum Gasteiger partial charge on any atom is 0.122 e. The minimum Gasteiger partial charge on any atom is -0.496 e. The summed E-state index contributed by atoms with van der Waals surface area (Å²) in [4.78, 5) is 0. The Morgan fingerprint density at radius 1 is 1.47 bits per heavy atom. The van der Waals surface area contributed by atoms with Gasteiger partial charge in [0.05, 0.1) is 25.7 Å². The Kier molecular flexibility index (Phi) is 3.92. The van der Waals surface area contributed by atoms with Gasteiger partial charge in [-0.15, -0.1) is 0 Å². The molecule has 0 atom stereocenters. The van der Waals surface area contributed by atoms with Crippen LogP contribution in [0.1, 0.15) is 12.5 Å². The quantitative estimate of drug-likeness (QED) is 0.875. The second kappa shape index (κ2) is 5.25. The van der Waals surface area contributed by atoms with Crippen molar-refractivity contribution in [3.8, 4) is 5.75 Å². The number of hydrogen-bond donors (Lipinski definition) is 1. The smallest absolute Gasteiger partial charge is 0.122 e. The summed E-state index contributed by atoms with van der Waals surface area (Å²) in [7, 11) is 1.69. The van der Waals surface area contributed by atoms with E-state index >= 15 is 0 Å². The molecule has 1 saturated heterocycles. The van der Waals surface area contributed by atoms with Crippen LogP contribution in [-0.2, 0) is 10.2 Å². The van der Waals surface area contributed by atoms with Crippen molar-refractivity contribution in [3.05, 3.63) is 28.8 Å². The van der Waals surface area contributed by atoms with Crippen molar-refractivity contribution >= 4 is 11.6 Å². The number of rotatable bonds is 5. The molecule has 1 aromatic carbocycles. The minimum absolute atomic E-state index is 0.00620. The first-order valence-electron chi connectivity index (χ1n) is 5.84. The topological polar surface area (TPSA) is 30.5 Å². The van der Waals surface area contributed by atoms with Crippen LogP contribution in [0.25, 0.3) is 0 Å². The van der Waals surface area contributed by atoms with E-state index in [1.807, 2.05) is 18.2 Å². The normalized spacial score (nSPS) is 17.6. The monoisotopic (exact) mass is 255 g/mol. The van der Waals surface area contributed by atoms with Crippen LogP contribution in [0, 0.1) is 0 Å². The average Bonchev–Trinajstić information content (AvgIpc) is 2.28. The molecule has 0 spiro atoms. The number of likely N-dealkylation sites (N-methyl/N-ethyl adjacent to an activating group) is 1. The molecule has 1 N–H and O–H groups in total. The van der Waals surface area contributed by atoms with Crippen LogP contribution < -0.4 is 10.1 Å². The molecule has 0 aromatic heterocycles. The molecule has 94 valence electrons. The maximum absolute atomic E-state index is 6.08. The van der Waals surface area contributed by atoms with Crippen LogP contribution >= 0.6 is 11.6 Å². The molecule has 4 heteroatoms. The van der Waals surface area contributed by atoms with Gasteiger partial charge in [-0.1, -0.05) is 18.5 Å². The summed E-state index contributed by atoms with van der Waals surface area (Å²) in [6.07, 6.45) is 0. The van der Waals surface area contributed by atoms with Crippen molar-refractivity contribution in [2.75, 3.05) is 33.4 Å². The number of ether oxygens (including phenoxy) is 2. The molecular formula is C13H18ClNO2. The zero-order valence-electron chi connectivity index (χ0n) is 10.3. The van der Waals surface area contributed by atoms with Crippen LogP contribution in [0.2, 0.25) is 5.02 Å². The van der Waals surface area contributed by atoms with E-state index in [2.05, 4.69) is 12.2 Å². The summed E-state index contributed by atoms with van der Waals surface area (Å²) >= 11 is 6.08. The van der Waals surface area contributed by atoms with Crippen molar-refractivity contribution in [1.29, 1.82) is 0 Å². The second-order valence-corrected chi connectivity index (χ2v) is 4.83. The molecule has 17 heavy (non-hydrogen) atoms. The molecule has 1 aromatic rings. The molecule has 0 bridgehead atoms. The fourth-order valence-electron chi connectivity index (χ4n) is 2.16. The molecule has 2 rings (SSSR count). The van der Waals surface area contributed by atoms with Crippen molar-refractivity contribution in [2.45, 2.75) is 12.3 Å². The highest BCUT2D eigenvalue weighted by atomic mass is 35.5. The first-order valence-corrected chi connectivity index (χ1v) is 6.22. The van der Waals surface area contributed by atoms with Gasteiger partial charge in [0.2, 0.25) is 0 Å². The second-order valence-electron chi connectivity index (χ2n) is 4.40. The zero-order valence-corrected chi connectivity index (χ0v) is 11.0. The Morgan fingerprint density at radius 3 is 2.76 bits per heavy atom. The van der Waals surface area contributed by atoms with Gasteiger partial charge in [0.25, 0.3) is 0 Å². The summed E-state index contributed by atoms with van der Waals surface area (Å²) in [5.74, 6) is 0.885. The van der Waals surface area contributed by atoms with Gasteiger partial charge < -0.3 is 14.8 Å². The lowest BCUT2D eigenvalue weighted by Gasteiger charge is -2.42. The van der Waals surface area contributed by atoms with Gasteiger partial charge >= 0.3 is 0 Å². The van der Waals surface area contributed by atoms with E-state index in [1.54, 1.807) is 7.11 Å². The summed E-state index contributed by atoms with van der Waals surface area (Å²) < 4.78 is 10.8. The SMILES string of the molecule is CCNCC1(c2cc(Cl)ccc2OC)COC1. The van der Waals surface area contributed by atoms with Crippen LogP contribution in [-0.4, -0.2) is 33.4 Å². The molecule has 1 fully saturated rings. The Bertz CT molecular complexity index is 391. The maximum atomic E-state index is 6.08. The molecule has 0 aliphatic carbocycles. The Labute approximate surface area is 107 Å². The Hall–Kier alpha value is -0.770. The summed E-state index contributed by atoms with van der Waals surface area (Å²) in [6.45, 7) is 5.38. The molecule has 1 aliphatic rings. The fourth-order valence-corrected chi connectivity index (χ4v) is 2.33. The predicted octanol–water partition coefficient (Wildman–Crippen LogP) is 2.23. The number of halogens is 1. The van der Waals surface area contributed by atoms with E-state index in [0.29, 0.717) is 0 Å². The van der Waals surface area contributed by atoms with Gasteiger partial charge in [0, 0.05) is 17.1 Å². The minimum atomic E-state index is 0.00620. The lowest BCUT2D eigenvalue weighted by Crippen LogP contribution is -2.53. The molecule has 1 heterocycles. The molecular weight excluding hydrogens is 238 g/mol. The van der Waals surface area contributed by atoms with E-state index in [1.165, 1.54) is 0 Å². The fraction of sp³-hybridized carbons (Fsp3) is 0.538. The molecule has 0 unspecified atom stereocenters. The first kappa shape index (κ1) is 12.7. The van der Waals surface area contributed by atoms with E-state index in [0.717, 1.165) is 42.6 Å². The summed E-state index contributed by atoms with van der Waals surface area (Å²) in [6, 6.07) is 5.76. The molecule has 0 saturated carbocycles. The third-order valence-electron chi connectivity index (χ3n) is 3.20. The largest absolute Gasteiger partial charge is 0.496 e. The first-order chi connectivity index (χ1) is 8.22. The third kappa shape index (κ3) is 2.41. The van der Waals surface area contributed by atoms with Gasteiger partial charge in [0.1, 0.15) is 5.75 Å². The van der Waals surface area contributed by atoms with E-state index in [9.17, 15) is 0 Å². The van der Waals surface area contributed by atoms with Crippen molar-refractivity contribution < 1.29 is 9.47 Å². The van der Waals surface area contributed by atoms with Gasteiger partial charge in [0.15, 0.2) is 0 Å². The Morgan fingerprint density at radius 2 is 2.24 bits per heavy atom. The van der Waals surface area contributed by atoms with E-state index in [-0.39, 0.29) is 5.41 Å². The lowest BCUT2D eigenvalue weighted by molar-refractivity contribution is -0.0596. The number of nitrogens with one attached hydrogen (secondary N) is 1. The van der Waals surface area contributed by atoms with Gasteiger partial charge in [-0.2, -0.15) is 0 Å². The highest BCUT2D eigenvalue weighted by Gasteiger charge is 2.42. The third-order valence-corrected chi connectivity index (χ3v) is 3.44. The summed E-state index contributed by atoms with van der Waals surface area (Å²) in [5.41, 5.74) is 1.14. The summed E-state index contributed by atoms with van der Waals surface area (Å²) in [5, 5.41) is 4.12. The number of hydrogen-bond acceptors (Lipinski definition) is 3. The molecule has 0 radical (unpaired) electrons. The van der Waals surface area contributed by atoms with Gasteiger partial charge in [-0.05, 0) is 24.7 Å². The lowest BCUT2D eigenvalue weighted by atomic mass is 9.78. The highest BCUT2D eigenvalue weighted by molar-refractivity contribution is 6.30. The molecule has 3 nitrogen and oxygen atoms in total. The van der Waals surface area contributed by atoms with Crippen molar-refractivity contribution in [1.82, 2.24) is 5.32 Å². The number of methoxy groups -OCH3 is 1. The Balaban J connectivity index is 2.32. The van der Waals surface area contributed by atoms with Crippen LogP contribution in [0.15, 0.2) is 18.2 Å². The van der Waals surface area contributed by atoms with Crippen LogP contribution in [0.5, 0.6) is 5.75 Å². The standard InChI is InChI=1S/C13H18ClNO2/c1-3-15-7-13(8-17-9-13)11-6-10(14)4-5-12(11)16-2/h4-6,15H,3,7-9H2,1-2H3. The van der Waals surface area contributed by atoms with Crippen LogP contribution in [0.4, 0.5) is 0 Å². The zero-order chi connectivity index (χ0) is 12.3. The van der Waals surface area contributed by atoms with Gasteiger partial charge in [-0.3, -0.25) is 0 Å². The molecule has 1 aliphatic heterocycles. The van der Waals surface area contributed by atoms with Crippen molar-refractivity contribution in [2.24, 2.45) is 0 Å². The highest BCUT2D eigenvalue weighted by Crippen LogP contribution is 2.38.